The summed E-state index contributed by atoms with van der Waals surface area (Å²) < 4.78 is 0. The topological polar surface area (TPSA) is 20.3 Å². The number of likely N-dealkylation sites (tertiary alicyclic amines) is 1. The largest absolute Gasteiger partial charge is 0.342 e. The summed E-state index contributed by atoms with van der Waals surface area (Å²) in [5.74, 6) is 1.49. The summed E-state index contributed by atoms with van der Waals surface area (Å²) in [6, 6.07) is 0. The standard InChI is InChI=1S/C10H17NO/c1-8-7-9(8)10(12)11-5-3-2-4-6-11/h8-9H,2-7H2,1H3/t8-,9-/m0/s1. The molecule has 1 aliphatic carbocycles. The fourth-order valence-corrected chi connectivity index (χ4v) is 2.01. The van der Waals surface area contributed by atoms with Crippen LogP contribution in [-0.2, 0) is 4.79 Å². The number of carbonyl (C=O) groups excluding carboxylic acids is 1. The van der Waals surface area contributed by atoms with Gasteiger partial charge in [0.15, 0.2) is 0 Å². The van der Waals surface area contributed by atoms with E-state index in [4.69, 9.17) is 0 Å². The lowest BCUT2D eigenvalue weighted by Crippen LogP contribution is -2.36. The molecule has 2 nitrogen and oxygen atoms in total. The van der Waals surface area contributed by atoms with Crippen LogP contribution in [0.15, 0.2) is 0 Å². The zero-order chi connectivity index (χ0) is 8.55. The molecule has 2 heteroatoms. The fourth-order valence-electron chi connectivity index (χ4n) is 2.01. The highest BCUT2D eigenvalue weighted by Gasteiger charge is 2.41. The van der Waals surface area contributed by atoms with E-state index in [1.54, 1.807) is 0 Å². The molecule has 0 unspecified atom stereocenters. The molecule has 0 spiro atoms. The minimum Gasteiger partial charge on any atom is -0.342 e. The Bertz CT molecular complexity index is 184. The second kappa shape index (κ2) is 3.08. The Morgan fingerprint density at radius 3 is 2.33 bits per heavy atom. The summed E-state index contributed by atoms with van der Waals surface area (Å²) in [4.78, 5) is 13.8. The van der Waals surface area contributed by atoms with Crippen molar-refractivity contribution >= 4 is 5.91 Å². The molecule has 2 fully saturated rings. The van der Waals surface area contributed by atoms with Crippen molar-refractivity contribution in [3.8, 4) is 0 Å². The Morgan fingerprint density at radius 2 is 1.83 bits per heavy atom. The van der Waals surface area contributed by atoms with Crippen LogP contribution in [0.25, 0.3) is 0 Å². The molecule has 0 aromatic heterocycles. The van der Waals surface area contributed by atoms with Crippen molar-refractivity contribution in [3.05, 3.63) is 0 Å². The molecule has 1 aliphatic heterocycles. The molecule has 2 rings (SSSR count). The lowest BCUT2D eigenvalue weighted by atomic mass is 10.1. The van der Waals surface area contributed by atoms with Gasteiger partial charge < -0.3 is 4.90 Å². The van der Waals surface area contributed by atoms with Crippen LogP contribution < -0.4 is 0 Å². The van der Waals surface area contributed by atoms with E-state index in [1.165, 1.54) is 19.3 Å². The van der Waals surface area contributed by atoms with Crippen molar-refractivity contribution in [1.29, 1.82) is 0 Å². The maximum absolute atomic E-state index is 11.7. The summed E-state index contributed by atoms with van der Waals surface area (Å²) in [5.41, 5.74) is 0. The molecular weight excluding hydrogens is 150 g/mol. The molecule has 1 saturated carbocycles. The summed E-state index contributed by atoms with van der Waals surface area (Å²) in [5, 5.41) is 0. The third-order valence-corrected chi connectivity index (χ3v) is 3.09. The first-order valence-electron chi connectivity index (χ1n) is 5.08. The second-order valence-electron chi connectivity index (χ2n) is 4.21. The molecule has 0 bridgehead atoms. The Kier molecular flexibility index (Phi) is 2.07. The highest BCUT2D eigenvalue weighted by Crippen LogP contribution is 2.39. The van der Waals surface area contributed by atoms with Crippen molar-refractivity contribution in [3.63, 3.8) is 0 Å². The molecule has 12 heavy (non-hydrogen) atoms. The number of amides is 1. The van der Waals surface area contributed by atoms with E-state index in [0.29, 0.717) is 17.7 Å². The Hall–Kier alpha value is -0.530. The van der Waals surface area contributed by atoms with Crippen LogP contribution in [0.2, 0.25) is 0 Å². The van der Waals surface area contributed by atoms with Crippen LogP contribution in [0.4, 0.5) is 0 Å². The van der Waals surface area contributed by atoms with E-state index in [-0.39, 0.29) is 0 Å². The number of nitrogens with zero attached hydrogens (tertiary/aromatic N) is 1. The minimum absolute atomic E-state index is 0.392. The van der Waals surface area contributed by atoms with Crippen LogP contribution in [0.1, 0.15) is 32.6 Å². The number of hydrogen-bond acceptors (Lipinski definition) is 1. The predicted molar refractivity (Wildman–Crippen MR) is 47.7 cm³/mol. The van der Waals surface area contributed by atoms with Gasteiger partial charge in [0.1, 0.15) is 0 Å². The fraction of sp³-hybridized carbons (Fsp3) is 0.900. The highest BCUT2D eigenvalue weighted by atomic mass is 16.2. The van der Waals surface area contributed by atoms with Crippen LogP contribution in [-0.4, -0.2) is 23.9 Å². The molecule has 0 aromatic rings. The summed E-state index contributed by atoms with van der Waals surface area (Å²) in [6.07, 6.45) is 4.87. The maximum Gasteiger partial charge on any atom is 0.225 e. The first kappa shape index (κ1) is 8.09. The van der Waals surface area contributed by atoms with Crippen LogP contribution >= 0.6 is 0 Å². The van der Waals surface area contributed by atoms with Gasteiger partial charge in [0.05, 0.1) is 0 Å². The average molecular weight is 167 g/mol. The van der Waals surface area contributed by atoms with Crippen molar-refractivity contribution in [2.75, 3.05) is 13.1 Å². The molecule has 2 atom stereocenters. The smallest absolute Gasteiger partial charge is 0.225 e. The monoisotopic (exact) mass is 167 g/mol. The first-order valence-corrected chi connectivity index (χ1v) is 5.08. The Morgan fingerprint density at radius 1 is 1.25 bits per heavy atom. The summed E-state index contributed by atoms with van der Waals surface area (Å²) >= 11 is 0. The minimum atomic E-state index is 0.392. The van der Waals surface area contributed by atoms with Crippen molar-refractivity contribution in [2.45, 2.75) is 32.6 Å². The molecule has 0 aromatic carbocycles. The lowest BCUT2D eigenvalue weighted by molar-refractivity contribution is -0.133. The van der Waals surface area contributed by atoms with Crippen molar-refractivity contribution < 1.29 is 4.79 Å². The second-order valence-corrected chi connectivity index (χ2v) is 4.21. The average Bonchev–Trinajstić information content (AvgIpc) is 2.83. The molecule has 68 valence electrons. The van der Waals surface area contributed by atoms with Gasteiger partial charge in [-0.2, -0.15) is 0 Å². The van der Waals surface area contributed by atoms with E-state index in [9.17, 15) is 4.79 Å². The van der Waals surface area contributed by atoms with Gasteiger partial charge in [0, 0.05) is 19.0 Å². The van der Waals surface area contributed by atoms with Gasteiger partial charge in [-0.15, -0.1) is 0 Å². The van der Waals surface area contributed by atoms with Gasteiger partial charge in [0.2, 0.25) is 5.91 Å². The predicted octanol–water partition coefficient (Wildman–Crippen LogP) is 1.65. The lowest BCUT2D eigenvalue weighted by Gasteiger charge is -2.26. The van der Waals surface area contributed by atoms with Crippen molar-refractivity contribution in [1.82, 2.24) is 4.90 Å². The third-order valence-electron chi connectivity index (χ3n) is 3.09. The van der Waals surface area contributed by atoms with Gasteiger partial charge in [-0.3, -0.25) is 4.79 Å². The van der Waals surface area contributed by atoms with Gasteiger partial charge in [0.25, 0.3) is 0 Å². The summed E-state index contributed by atoms with van der Waals surface area (Å²) in [7, 11) is 0. The highest BCUT2D eigenvalue weighted by molar-refractivity contribution is 5.81. The Balaban J connectivity index is 1.86. The number of hydrogen-bond donors (Lipinski definition) is 0. The van der Waals surface area contributed by atoms with E-state index in [1.807, 2.05) is 0 Å². The Labute approximate surface area is 73.9 Å². The summed E-state index contributed by atoms with van der Waals surface area (Å²) in [6.45, 7) is 4.20. The molecular formula is C10H17NO. The third kappa shape index (κ3) is 1.47. The first-order chi connectivity index (χ1) is 5.79. The quantitative estimate of drug-likeness (QED) is 0.581. The SMILES string of the molecule is C[C@H]1C[C@@H]1C(=O)N1CCCCC1. The van der Waals surface area contributed by atoms with Crippen LogP contribution in [0.3, 0.4) is 0 Å². The van der Waals surface area contributed by atoms with Gasteiger partial charge in [-0.05, 0) is 31.6 Å². The molecule has 1 amide bonds. The van der Waals surface area contributed by atoms with E-state index >= 15 is 0 Å². The van der Waals surface area contributed by atoms with Crippen LogP contribution in [0.5, 0.6) is 0 Å². The maximum atomic E-state index is 11.7. The normalized spacial score (nSPS) is 34.9. The van der Waals surface area contributed by atoms with E-state index in [2.05, 4.69) is 11.8 Å². The number of rotatable bonds is 1. The van der Waals surface area contributed by atoms with Gasteiger partial charge in [-0.25, -0.2) is 0 Å². The zero-order valence-corrected chi connectivity index (χ0v) is 7.75. The molecule has 1 saturated heterocycles. The molecule has 0 radical (unpaired) electrons. The van der Waals surface area contributed by atoms with Gasteiger partial charge >= 0.3 is 0 Å². The van der Waals surface area contributed by atoms with Crippen LogP contribution in [0, 0.1) is 11.8 Å². The van der Waals surface area contributed by atoms with E-state index < -0.39 is 0 Å². The zero-order valence-electron chi connectivity index (χ0n) is 7.75. The van der Waals surface area contributed by atoms with E-state index in [0.717, 1.165) is 19.5 Å². The van der Waals surface area contributed by atoms with Gasteiger partial charge in [-0.1, -0.05) is 6.92 Å². The van der Waals surface area contributed by atoms with Crippen molar-refractivity contribution in [2.24, 2.45) is 11.8 Å². The molecule has 0 N–H and O–H groups in total. The molecule has 2 aliphatic rings. The number of piperidine rings is 1. The molecule has 1 heterocycles. The number of carbonyl (C=O) groups is 1.